The third kappa shape index (κ3) is 4.55. The smallest absolute Gasteiger partial charge is 0.293 e. The van der Waals surface area contributed by atoms with Crippen molar-refractivity contribution in [1.82, 2.24) is 19.7 Å². The van der Waals surface area contributed by atoms with Crippen LogP contribution in [0.15, 0.2) is 78.9 Å². The first-order valence-corrected chi connectivity index (χ1v) is 11.5. The van der Waals surface area contributed by atoms with Gasteiger partial charge in [-0.25, -0.2) is 9.67 Å². The molecule has 0 aliphatic carbocycles. The molecule has 3 aromatic carbocycles. The van der Waals surface area contributed by atoms with E-state index >= 15 is 0 Å². The molecule has 8 heteroatoms. The van der Waals surface area contributed by atoms with Crippen molar-refractivity contribution in [3.8, 4) is 28.6 Å². The van der Waals surface area contributed by atoms with Gasteiger partial charge in [0.15, 0.2) is 5.82 Å². The number of carbonyl (C=O) groups is 1. The van der Waals surface area contributed by atoms with Gasteiger partial charge in [-0.15, -0.1) is 5.10 Å². The lowest BCUT2D eigenvalue weighted by Crippen LogP contribution is -2.49. The predicted molar refractivity (Wildman–Crippen MR) is 134 cm³/mol. The van der Waals surface area contributed by atoms with Gasteiger partial charge < -0.3 is 19.3 Å². The molecule has 8 nitrogen and oxygen atoms in total. The molecule has 0 N–H and O–H groups in total. The molecule has 35 heavy (non-hydrogen) atoms. The predicted octanol–water partition coefficient (Wildman–Crippen LogP) is 3.91. The first-order chi connectivity index (χ1) is 17.2. The maximum Gasteiger partial charge on any atom is 0.293 e. The molecule has 1 aromatic heterocycles. The quantitative estimate of drug-likeness (QED) is 0.426. The minimum atomic E-state index is -0.172. The molecule has 1 fully saturated rings. The summed E-state index contributed by atoms with van der Waals surface area (Å²) in [4.78, 5) is 22.1. The highest BCUT2D eigenvalue weighted by Crippen LogP contribution is 2.29. The SMILES string of the molecule is COc1ccc(-c2nc(C(=O)N3CCN(c4ccccc4OC)CC3)nn2-c2ccccc2)cc1. The van der Waals surface area contributed by atoms with Crippen LogP contribution in [-0.2, 0) is 0 Å². The van der Waals surface area contributed by atoms with Crippen molar-refractivity contribution in [2.24, 2.45) is 0 Å². The Morgan fingerprint density at radius 3 is 2.17 bits per heavy atom. The number of benzene rings is 3. The van der Waals surface area contributed by atoms with Crippen LogP contribution < -0.4 is 14.4 Å². The second-order valence-corrected chi connectivity index (χ2v) is 8.19. The minimum Gasteiger partial charge on any atom is -0.497 e. The Kier molecular flexibility index (Phi) is 6.34. The van der Waals surface area contributed by atoms with E-state index in [1.807, 2.05) is 83.8 Å². The minimum absolute atomic E-state index is 0.172. The first-order valence-electron chi connectivity index (χ1n) is 11.5. The zero-order valence-electron chi connectivity index (χ0n) is 19.8. The average molecular weight is 470 g/mol. The number of ether oxygens (including phenoxy) is 2. The van der Waals surface area contributed by atoms with Gasteiger partial charge in [-0.05, 0) is 48.5 Å². The molecule has 1 aliphatic rings. The van der Waals surface area contributed by atoms with Gasteiger partial charge in [-0.3, -0.25) is 4.79 Å². The lowest BCUT2D eigenvalue weighted by molar-refractivity contribution is 0.0734. The summed E-state index contributed by atoms with van der Waals surface area (Å²) < 4.78 is 12.5. The lowest BCUT2D eigenvalue weighted by atomic mass is 10.2. The van der Waals surface area contributed by atoms with Crippen molar-refractivity contribution in [3.05, 3.63) is 84.7 Å². The Labute approximate surface area is 204 Å². The Balaban J connectivity index is 1.40. The molecule has 2 heterocycles. The summed E-state index contributed by atoms with van der Waals surface area (Å²) in [5, 5.41) is 4.63. The number of anilines is 1. The fourth-order valence-electron chi connectivity index (χ4n) is 4.26. The summed E-state index contributed by atoms with van der Waals surface area (Å²) >= 11 is 0. The van der Waals surface area contributed by atoms with E-state index in [2.05, 4.69) is 15.0 Å². The van der Waals surface area contributed by atoms with E-state index in [-0.39, 0.29) is 11.7 Å². The monoisotopic (exact) mass is 469 g/mol. The van der Waals surface area contributed by atoms with Crippen LogP contribution in [0.4, 0.5) is 5.69 Å². The zero-order chi connectivity index (χ0) is 24.2. The highest BCUT2D eigenvalue weighted by molar-refractivity contribution is 5.91. The van der Waals surface area contributed by atoms with Crippen LogP contribution in [0.3, 0.4) is 0 Å². The van der Waals surface area contributed by atoms with Crippen LogP contribution in [0.2, 0.25) is 0 Å². The van der Waals surface area contributed by atoms with Gasteiger partial charge in [0, 0.05) is 31.7 Å². The summed E-state index contributed by atoms with van der Waals surface area (Å²) in [6.07, 6.45) is 0. The van der Waals surface area contributed by atoms with E-state index < -0.39 is 0 Å². The fourth-order valence-corrected chi connectivity index (χ4v) is 4.26. The summed E-state index contributed by atoms with van der Waals surface area (Å²) in [6.45, 7) is 2.57. The number of hydrogen-bond donors (Lipinski definition) is 0. The Hall–Kier alpha value is -4.33. The molecule has 0 saturated carbocycles. The van der Waals surface area contributed by atoms with Crippen molar-refractivity contribution in [1.29, 1.82) is 0 Å². The first kappa shape index (κ1) is 22.5. The van der Waals surface area contributed by atoms with Crippen LogP contribution in [0.1, 0.15) is 10.6 Å². The molecular weight excluding hydrogens is 442 g/mol. The van der Waals surface area contributed by atoms with Gasteiger partial charge in [0.25, 0.3) is 5.91 Å². The van der Waals surface area contributed by atoms with Crippen LogP contribution in [0, 0.1) is 0 Å². The summed E-state index contributed by atoms with van der Waals surface area (Å²) in [5.74, 6) is 2.21. The number of nitrogens with zero attached hydrogens (tertiary/aromatic N) is 5. The largest absolute Gasteiger partial charge is 0.497 e. The summed E-state index contributed by atoms with van der Waals surface area (Å²) in [6, 6.07) is 25.2. The molecule has 0 atom stereocenters. The number of para-hydroxylation sites is 3. The Morgan fingerprint density at radius 2 is 1.49 bits per heavy atom. The molecule has 0 spiro atoms. The highest BCUT2D eigenvalue weighted by Gasteiger charge is 2.27. The molecule has 1 saturated heterocycles. The number of rotatable bonds is 6. The molecule has 1 aliphatic heterocycles. The van der Waals surface area contributed by atoms with E-state index in [1.165, 1.54) is 0 Å². The molecule has 4 aromatic rings. The molecule has 0 unspecified atom stereocenters. The number of piperazine rings is 1. The standard InChI is InChI=1S/C27H27N5O3/c1-34-22-14-12-20(13-15-22)26-28-25(29-32(26)21-8-4-3-5-9-21)27(33)31-18-16-30(17-19-31)23-10-6-7-11-24(23)35-2/h3-15H,16-19H2,1-2H3. The molecule has 1 amide bonds. The third-order valence-electron chi connectivity index (χ3n) is 6.14. The van der Waals surface area contributed by atoms with Gasteiger partial charge in [-0.2, -0.15) is 0 Å². The van der Waals surface area contributed by atoms with Crippen LogP contribution >= 0.6 is 0 Å². The third-order valence-corrected chi connectivity index (χ3v) is 6.14. The maximum atomic E-state index is 13.4. The van der Waals surface area contributed by atoms with E-state index in [0.29, 0.717) is 32.0 Å². The van der Waals surface area contributed by atoms with Crippen molar-refractivity contribution in [3.63, 3.8) is 0 Å². The Morgan fingerprint density at radius 1 is 0.800 bits per heavy atom. The number of methoxy groups -OCH3 is 2. The van der Waals surface area contributed by atoms with Crippen molar-refractivity contribution >= 4 is 11.6 Å². The van der Waals surface area contributed by atoms with Gasteiger partial charge in [0.2, 0.25) is 5.82 Å². The van der Waals surface area contributed by atoms with Crippen LogP contribution in [-0.4, -0.2) is 66.0 Å². The molecular formula is C27H27N5O3. The topological polar surface area (TPSA) is 72.7 Å². The van der Waals surface area contributed by atoms with E-state index in [1.54, 1.807) is 18.9 Å². The van der Waals surface area contributed by atoms with Crippen LogP contribution in [0.25, 0.3) is 17.1 Å². The Bertz CT molecular complexity index is 1300. The normalized spacial score (nSPS) is 13.5. The maximum absolute atomic E-state index is 13.4. The number of carbonyl (C=O) groups excluding carboxylic acids is 1. The second kappa shape index (κ2) is 9.89. The lowest BCUT2D eigenvalue weighted by Gasteiger charge is -2.36. The van der Waals surface area contributed by atoms with Crippen molar-refractivity contribution < 1.29 is 14.3 Å². The number of aromatic nitrogens is 3. The molecule has 178 valence electrons. The fraction of sp³-hybridized carbons (Fsp3) is 0.222. The average Bonchev–Trinajstić information content (AvgIpc) is 3.39. The second-order valence-electron chi connectivity index (χ2n) is 8.19. The van der Waals surface area contributed by atoms with E-state index in [4.69, 9.17) is 9.47 Å². The van der Waals surface area contributed by atoms with Gasteiger partial charge in [0.05, 0.1) is 25.6 Å². The van der Waals surface area contributed by atoms with Gasteiger partial charge in [-0.1, -0.05) is 30.3 Å². The summed E-state index contributed by atoms with van der Waals surface area (Å²) in [5.41, 5.74) is 2.73. The zero-order valence-corrected chi connectivity index (χ0v) is 19.8. The van der Waals surface area contributed by atoms with Gasteiger partial charge in [0.1, 0.15) is 11.5 Å². The van der Waals surface area contributed by atoms with Crippen LogP contribution in [0.5, 0.6) is 11.5 Å². The number of amides is 1. The molecule has 0 radical (unpaired) electrons. The van der Waals surface area contributed by atoms with Crippen molar-refractivity contribution in [2.45, 2.75) is 0 Å². The van der Waals surface area contributed by atoms with E-state index in [0.717, 1.165) is 28.4 Å². The van der Waals surface area contributed by atoms with Crippen molar-refractivity contribution in [2.75, 3.05) is 45.3 Å². The van der Waals surface area contributed by atoms with E-state index in [9.17, 15) is 4.79 Å². The highest BCUT2D eigenvalue weighted by atomic mass is 16.5. The van der Waals surface area contributed by atoms with Gasteiger partial charge >= 0.3 is 0 Å². The summed E-state index contributed by atoms with van der Waals surface area (Å²) in [7, 11) is 3.31. The molecule has 5 rings (SSSR count). The number of hydrogen-bond acceptors (Lipinski definition) is 6. The molecule has 0 bridgehead atoms.